The molecule has 6 heteroatoms. The van der Waals surface area contributed by atoms with Gasteiger partial charge in [-0.2, -0.15) is 0 Å². The van der Waals surface area contributed by atoms with Crippen LogP contribution < -0.4 is 0 Å². The Hall–Kier alpha value is -2.37. The van der Waals surface area contributed by atoms with Crippen molar-refractivity contribution in [3.63, 3.8) is 0 Å². The molecule has 1 aromatic heterocycles. The number of imidazole rings is 1. The molecule has 6 nitrogen and oxygen atoms in total. The summed E-state index contributed by atoms with van der Waals surface area (Å²) < 4.78 is 2.00. The molecule has 0 N–H and O–H groups in total. The zero-order valence-corrected chi connectivity index (χ0v) is 15.5. The van der Waals surface area contributed by atoms with Crippen LogP contribution in [-0.4, -0.2) is 57.3 Å². The maximum absolute atomic E-state index is 12.9. The van der Waals surface area contributed by atoms with Gasteiger partial charge in [-0.15, -0.1) is 0 Å². The minimum absolute atomic E-state index is 0.00209. The van der Waals surface area contributed by atoms with E-state index in [1.807, 2.05) is 60.4 Å². The summed E-state index contributed by atoms with van der Waals surface area (Å²) in [4.78, 5) is 33.3. The Morgan fingerprint density at radius 1 is 1.08 bits per heavy atom. The zero-order chi connectivity index (χ0) is 18.1. The largest absolute Gasteiger partial charge is 0.341 e. The normalized spacial score (nSPS) is 15.7. The summed E-state index contributed by atoms with van der Waals surface area (Å²) in [6.45, 7) is 8.39. The number of hydrogen-bond acceptors (Lipinski definition) is 3. The van der Waals surface area contributed by atoms with Crippen LogP contribution in [-0.2, 0) is 11.8 Å². The van der Waals surface area contributed by atoms with Gasteiger partial charge in [-0.1, -0.05) is 13.8 Å². The van der Waals surface area contributed by atoms with E-state index in [1.165, 1.54) is 0 Å². The molecule has 2 aromatic rings. The Morgan fingerprint density at radius 3 is 2.48 bits per heavy atom. The van der Waals surface area contributed by atoms with Crippen molar-refractivity contribution in [1.29, 1.82) is 0 Å². The number of carbonyl (C=O) groups is 2. The highest BCUT2D eigenvalue weighted by molar-refractivity contribution is 5.97. The van der Waals surface area contributed by atoms with E-state index < -0.39 is 0 Å². The molecule has 3 rings (SSSR count). The van der Waals surface area contributed by atoms with E-state index in [2.05, 4.69) is 4.98 Å². The van der Waals surface area contributed by atoms with Crippen LogP contribution in [0.25, 0.3) is 11.0 Å². The molecule has 1 aliphatic rings. The van der Waals surface area contributed by atoms with E-state index in [0.29, 0.717) is 25.2 Å². The van der Waals surface area contributed by atoms with E-state index >= 15 is 0 Å². The Labute approximate surface area is 148 Å². The predicted octanol–water partition coefficient (Wildman–Crippen LogP) is 2.21. The molecule has 1 aromatic carbocycles. The van der Waals surface area contributed by atoms with Crippen molar-refractivity contribution in [3.05, 3.63) is 29.6 Å². The SMILES string of the molecule is Cc1nc2ccc(C(=O)N3CCCN(C(=O)C(C)C)CC3)cc2n1C. The van der Waals surface area contributed by atoms with Gasteiger partial charge in [-0.05, 0) is 31.5 Å². The fraction of sp³-hybridized carbons (Fsp3) is 0.526. The molecule has 2 amide bonds. The summed E-state index contributed by atoms with van der Waals surface area (Å²) in [6, 6.07) is 5.67. The fourth-order valence-corrected chi connectivity index (χ4v) is 3.33. The summed E-state index contributed by atoms with van der Waals surface area (Å²) in [6.07, 6.45) is 0.817. The van der Waals surface area contributed by atoms with Crippen LogP contribution in [0.4, 0.5) is 0 Å². The van der Waals surface area contributed by atoms with Gasteiger partial charge in [-0.25, -0.2) is 4.98 Å². The van der Waals surface area contributed by atoms with Crippen LogP contribution >= 0.6 is 0 Å². The molecule has 1 saturated heterocycles. The standard InChI is InChI=1S/C19H26N4O2/c1-13(2)18(24)22-8-5-9-23(11-10-22)19(25)15-6-7-16-17(12-15)21(4)14(3)20-16/h6-7,12-13H,5,8-11H2,1-4H3. The van der Waals surface area contributed by atoms with Crippen molar-refractivity contribution in [2.75, 3.05) is 26.2 Å². The number of rotatable bonds is 2. The minimum Gasteiger partial charge on any atom is -0.341 e. The number of aryl methyl sites for hydroxylation is 2. The summed E-state index contributed by atoms with van der Waals surface area (Å²) in [5, 5.41) is 0. The molecule has 0 radical (unpaired) electrons. The first-order valence-corrected chi connectivity index (χ1v) is 8.89. The molecule has 0 spiro atoms. The molecule has 0 atom stereocenters. The average Bonchev–Trinajstić information content (AvgIpc) is 2.78. The van der Waals surface area contributed by atoms with E-state index in [4.69, 9.17) is 0 Å². The van der Waals surface area contributed by atoms with Crippen LogP contribution in [0.3, 0.4) is 0 Å². The quantitative estimate of drug-likeness (QED) is 0.841. The predicted molar refractivity (Wildman–Crippen MR) is 97.4 cm³/mol. The van der Waals surface area contributed by atoms with Crippen molar-refractivity contribution in [3.8, 4) is 0 Å². The summed E-state index contributed by atoms with van der Waals surface area (Å²) in [7, 11) is 1.96. The molecule has 25 heavy (non-hydrogen) atoms. The number of hydrogen-bond donors (Lipinski definition) is 0. The zero-order valence-electron chi connectivity index (χ0n) is 15.5. The van der Waals surface area contributed by atoms with E-state index in [1.54, 1.807) is 0 Å². The second-order valence-corrected chi connectivity index (χ2v) is 7.05. The highest BCUT2D eigenvalue weighted by Crippen LogP contribution is 2.18. The van der Waals surface area contributed by atoms with Gasteiger partial charge in [0.15, 0.2) is 0 Å². The maximum Gasteiger partial charge on any atom is 0.253 e. The lowest BCUT2D eigenvalue weighted by Gasteiger charge is -2.23. The first-order valence-electron chi connectivity index (χ1n) is 8.89. The Balaban J connectivity index is 1.77. The van der Waals surface area contributed by atoms with E-state index in [9.17, 15) is 9.59 Å². The second-order valence-electron chi connectivity index (χ2n) is 7.05. The van der Waals surface area contributed by atoms with Crippen molar-refractivity contribution in [2.24, 2.45) is 13.0 Å². The number of benzene rings is 1. The first-order chi connectivity index (χ1) is 11.9. The first kappa shape index (κ1) is 17.5. The fourth-order valence-electron chi connectivity index (χ4n) is 3.33. The molecule has 0 bridgehead atoms. The van der Waals surface area contributed by atoms with Crippen molar-refractivity contribution >= 4 is 22.8 Å². The van der Waals surface area contributed by atoms with Crippen LogP contribution in [0.2, 0.25) is 0 Å². The lowest BCUT2D eigenvalue weighted by atomic mass is 10.1. The number of carbonyl (C=O) groups excluding carboxylic acids is 2. The molecule has 0 aliphatic carbocycles. The number of amides is 2. The number of fused-ring (bicyclic) bond motifs is 1. The van der Waals surface area contributed by atoms with Gasteiger partial charge in [0.05, 0.1) is 11.0 Å². The van der Waals surface area contributed by atoms with Gasteiger partial charge in [0.2, 0.25) is 5.91 Å². The third-order valence-corrected chi connectivity index (χ3v) is 4.94. The second kappa shape index (κ2) is 6.86. The van der Waals surface area contributed by atoms with Crippen molar-refractivity contribution < 1.29 is 9.59 Å². The minimum atomic E-state index is -0.00209. The Kier molecular flexibility index (Phi) is 4.79. The summed E-state index contributed by atoms with van der Waals surface area (Å²) >= 11 is 0. The van der Waals surface area contributed by atoms with Gasteiger partial charge in [0, 0.05) is 44.7 Å². The number of nitrogens with zero attached hydrogens (tertiary/aromatic N) is 4. The Morgan fingerprint density at radius 2 is 1.76 bits per heavy atom. The van der Waals surface area contributed by atoms with Gasteiger partial charge < -0.3 is 14.4 Å². The molecule has 0 unspecified atom stereocenters. The number of aromatic nitrogens is 2. The van der Waals surface area contributed by atoms with Crippen LogP contribution in [0.1, 0.15) is 36.5 Å². The third kappa shape index (κ3) is 3.38. The highest BCUT2D eigenvalue weighted by atomic mass is 16.2. The average molecular weight is 342 g/mol. The lowest BCUT2D eigenvalue weighted by molar-refractivity contribution is -0.134. The van der Waals surface area contributed by atoms with Gasteiger partial charge in [-0.3, -0.25) is 9.59 Å². The smallest absolute Gasteiger partial charge is 0.253 e. The van der Waals surface area contributed by atoms with Crippen LogP contribution in [0.15, 0.2) is 18.2 Å². The highest BCUT2D eigenvalue weighted by Gasteiger charge is 2.24. The molecule has 1 fully saturated rings. The van der Waals surface area contributed by atoms with E-state index in [0.717, 1.165) is 29.8 Å². The lowest BCUT2D eigenvalue weighted by Crippen LogP contribution is -2.38. The van der Waals surface area contributed by atoms with Gasteiger partial charge in [0.1, 0.15) is 5.82 Å². The summed E-state index contributed by atoms with van der Waals surface area (Å²) in [5.74, 6) is 1.12. The monoisotopic (exact) mass is 342 g/mol. The third-order valence-electron chi connectivity index (χ3n) is 4.94. The van der Waals surface area contributed by atoms with Crippen molar-refractivity contribution in [2.45, 2.75) is 27.2 Å². The van der Waals surface area contributed by atoms with Gasteiger partial charge in [0.25, 0.3) is 5.91 Å². The molecule has 1 aliphatic heterocycles. The van der Waals surface area contributed by atoms with Crippen LogP contribution in [0.5, 0.6) is 0 Å². The topological polar surface area (TPSA) is 58.4 Å². The maximum atomic E-state index is 12.9. The molecule has 2 heterocycles. The molecule has 0 saturated carbocycles. The summed E-state index contributed by atoms with van der Waals surface area (Å²) in [5.41, 5.74) is 2.55. The molecular weight excluding hydrogens is 316 g/mol. The molecule has 134 valence electrons. The van der Waals surface area contributed by atoms with Crippen LogP contribution in [0, 0.1) is 12.8 Å². The Bertz CT molecular complexity index is 809. The molecular formula is C19H26N4O2. The van der Waals surface area contributed by atoms with Gasteiger partial charge >= 0.3 is 0 Å². The van der Waals surface area contributed by atoms with Crippen molar-refractivity contribution in [1.82, 2.24) is 19.4 Å². The van der Waals surface area contributed by atoms with E-state index in [-0.39, 0.29) is 17.7 Å².